The molecule has 12 N–H and O–H groups in total. The Morgan fingerprint density at radius 1 is 0.256 bits per heavy atom. The van der Waals surface area contributed by atoms with Crippen LogP contribution in [0.4, 0.5) is 0 Å². The summed E-state index contributed by atoms with van der Waals surface area (Å²) in [5.74, 6) is 0. The Kier molecular flexibility index (Phi) is 35.7. The van der Waals surface area contributed by atoms with Gasteiger partial charge >= 0.3 is 0 Å². The van der Waals surface area contributed by atoms with Gasteiger partial charge in [-0.15, -0.1) is 6.58 Å². The lowest BCUT2D eigenvalue weighted by Gasteiger charge is -2.31. The second-order valence-corrected chi connectivity index (χ2v) is 30.8. The topological polar surface area (TPSA) is 243 Å². The highest BCUT2D eigenvalue weighted by Crippen LogP contribution is 2.35. The number of rotatable bonds is 51. The molecule has 0 unspecified atom stereocenters. The van der Waals surface area contributed by atoms with Crippen molar-refractivity contribution >= 4 is 0 Å². The van der Waals surface area contributed by atoms with Crippen LogP contribution in [0.15, 0.2) is 36.0 Å². The third-order valence-corrected chi connectivity index (χ3v) is 18.4. The van der Waals surface area contributed by atoms with Crippen LogP contribution < -0.4 is 0 Å². The fourth-order valence-electron chi connectivity index (χ4n) is 12.1. The minimum atomic E-state index is -0.939. The summed E-state index contributed by atoms with van der Waals surface area (Å²) >= 11 is 0. The first-order valence-electron chi connectivity index (χ1n) is 32.8. The van der Waals surface area contributed by atoms with Crippen LogP contribution in [0.25, 0.3) is 0 Å². The highest BCUT2D eigenvalue weighted by atomic mass is 16.3. The van der Waals surface area contributed by atoms with Crippen molar-refractivity contribution in [1.29, 1.82) is 0 Å². The zero-order valence-corrected chi connectivity index (χ0v) is 56.0. The predicted octanol–water partition coefficient (Wildman–Crippen LogP) is 14.5. The summed E-state index contributed by atoms with van der Waals surface area (Å²) in [5.41, 5.74) is -8.16. The van der Waals surface area contributed by atoms with Gasteiger partial charge in [0.1, 0.15) is 0 Å². The molecule has 0 aliphatic rings. The zero-order valence-electron chi connectivity index (χ0n) is 56.0. The first-order chi connectivity index (χ1) is 37.1. The SMILES string of the molecule is C=C[C@@](C)(O)CC/C=C(\C)CCC[C@](C)(O)CCC[C@@](C)(O)CCC[C@](C)(O)CCC[C@](C)(O)CCC[C@@](C)(O)CCC[C@](C)(O)CCC[C@@](C)(O)CCC[C@](C)(O)CCC[C@@](C)(O)CCC[C@@](C)(O)CCC[C@](C)(O)CCC=C(C)C. The lowest BCUT2D eigenvalue weighted by molar-refractivity contribution is -0.00906. The molecule has 0 aliphatic carbocycles. The van der Waals surface area contributed by atoms with Gasteiger partial charge in [-0.25, -0.2) is 0 Å². The Bertz CT molecular complexity index is 1780. The van der Waals surface area contributed by atoms with Crippen LogP contribution in [0.3, 0.4) is 0 Å². The van der Waals surface area contributed by atoms with Crippen LogP contribution in [-0.4, -0.2) is 128 Å². The molecule has 0 heterocycles. The van der Waals surface area contributed by atoms with Gasteiger partial charge in [-0.2, -0.15) is 0 Å². The van der Waals surface area contributed by atoms with Gasteiger partial charge in [-0.1, -0.05) is 29.4 Å². The van der Waals surface area contributed by atoms with Crippen molar-refractivity contribution in [3.05, 3.63) is 36.0 Å². The Morgan fingerprint density at radius 3 is 0.610 bits per heavy atom. The molecule has 12 nitrogen and oxygen atoms in total. The van der Waals surface area contributed by atoms with E-state index in [4.69, 9.17) is 0 Å². The molecule has 12 heteroatoms. The number of aliphatic hydroxyl groups is 12. The largest absolute Gasteiger partial charge is 0.390 e. The van der Waals surface area contributed by atoms with Crippen LogP contribution in [-0.2, 0) is 0 Å². The van der Waals surface area contributed by atoms with Gasteiger partial charge in [0.2, 0.25) is 0 Å². The normalized spacial score (nSPS) is 21.5. The van der Waals surface area contributed by atoms with Crippen LogP contribution in [0.1, 0.15) is 341 Å². The molecule has 0 aromatic carbocycles. The summed E-state index contributed by atoms with van der Waals surface area (Å²) in [6.07, 6.45) is 28.9. The van der Waals surface area contributed by atoms with E-state index < -0.39 is 67.2 Å². The van der Waals surface area contributed by atoms with Gasteiger partial charge in [0, 0.05) is 0 Å². The van der Waals surface area contributed by atoms with E-state index in [1.807, 2.05) is 76.2 Å². The van der Waals surface area contributed by atoms with E-state index >= 15 is 0 Å². The van der Waals surface area contributed by atoms with Crippen molar-refractivity contribution in [3.8, 4) is 0 Å². The molecular weight excluding hydrogens is 1030 g/mol. The second-order valence-electron chi connectivity index (χ2n) is 30.8. The van der Waals surface area contributed by atoms with E-state index in [1.54, 1.807) is 13.0 Å². The number of hydrogen-bond acceptors (Lipinski definition) is 12. The molecule has 0 bridgehead atoms. The van der Waals surface area contributed by atoms with Gasteiger partial charge in [0.15, 0.2) is 0 Å². The fourth-order valence-corrected chi connectivity index (χ4v) is 12.1. The summed E-state index contributed by atoms with van der Waals surface area (Å²) in [7, 11) is 0. The van der Waals surface area contributed by atoms with Gasteiger partial charge in [-0.3, -0.25) is 0 Å². The molecule has 0 rings (SSSR count). The van der Waals surface area contributed by atoms with Crippen LogP contribution in [0.2, 0.25) is 0 Å². The van der Waals surface area contributed by atoms with Crippen LogP contribution in [0.5, 0.6) is 0 Å². The summed E-state index contributed by atoms with van der Waals surface area (Å²) in [5, 5.41) is 132. The Labute approximate surface area is 503 Å². The highest BCUT2D eigenvalue weighted by Gasteiger charge is 2.33. The second kappa shape index (κ2) is 36.3. The van der Waals surface area contributed by atoms with Crippen LogP contribution >= 0.6 is 0 Å². The molecule has 0 fully saturated rings. The van der Waals surface area contributed by atoms with E-state index in [1.165, 1.54) is 11.1 Å². The van der Waals surface area contributed by atoms with Crippen molar-refractivity contribution in [1.82, 2.24) is 0 Å². The molecule has 0 radical (unpaired) electrons. The minimum Gasteiger partial charge on any atom is -0.390 e. The first-order valence-corrected chi connectivity index (χ1v) is 32.8. The van der Waals surface area contributed by atoms with Crippen molar-refractivity contribution in [2.24, 2.45) is 0 Å². The van der Waals surface area contributed by atoms with Crippen molar-refractivity contribution < 1.29 is 61.3 Å². The molecule has 12 atom stereocenters. The Morgan fingerprint density at radius 2 is 0.427 bits per heavy atom. The summed E-state index contributed by atoms with van der Waals surface area (Å²) in [4.78, 5) is 0. The number of allylic oxidation sites excluding steroid dienone is 4. The summed E-state index contributed by atoms with van der Waals surface area (Å²) in [6, 6.07) is 0. The lowest BCUT2D eigenvalue weighted by Crippen LogP contribution is -2.31. The van der Waals surface area contributed by atoms with Crippen molar-refractivity contribution in [2.75, 3.05) is 0 Å². The molecule has 82 heavy (non-hydrogen) atoms. The molecule has 0 saturated heterocycles. The summed E-state index contributed by atoms with van der Waals surface area (Å²) < 4.78 is 0. The minimum absolute atomic E-state index is 0.521. The third-order valence-electron chi connectivity index (χ3n) is 18.4. The molecule has 0 aromatic rings. The first kappa shape index (κ1) is 80.7. The van der Waals surface area contributed by atoms with E-state index in [0.717, 1.165) is 32.1 Å². The molecule has 0 aliphatic heterocycles. The maximum absolute atomic E-state index is 11.2. The predicted molar refractivity (Wildman–Crippen MR) is 342 cm³/mol. The fraction of sp³-hybridized carbons (Fsp3) is 0.914. The van der Waals surface area contributed by atoms with E-state index in [-0.39, 0.29) is 0 Å². The Balaban J connectivity index is 4.49. The average Bonchev–Trinajstić information content (AvgIpc) is 3.27. The van der Waals surface area contributed by atoms with Crippen LogP contribution in [0, 0.1) is 0 Å². The zero-order chi connectivity index (χ0) is 63.4. The standard InChI is InChI=1S/C70H136O12/c1-17-59(5,71)34-19-32-58(4)33-20-36-61(7,73)38-22-40-63(9,75)42-24-44-65(11,77)46-26-48-67(13,79)50-28-52-69(15,81)54-30-56-70(16,82)55-29-53-68(14,80)51-27-49-66(12,78)47-25-45-64(10,76)43-23-41-62(8,74)39-21-37-60(6,72)35-18-31-57(2)3/h17,31-32,71-82H,1,18-30,33-56H2,2-16H3/b58-32+/t59-,60-,61+,62+,63-,64+,65+,66-,67+,68+,69-,70-/m1/s1. The molecule has 0 amide bonds. The number of hydrogen-bond donors (Lipinski definition) is 12. The smallest absolute Gasteiger partial charge is 0.0800 e. The maximum Gasteiger partial charge on any atom is 0.0800 e. The maximum atomic E-state index is 11.2. The van der Waals surface area contributed by atoms with E-state index in [2.05, 4.69) is 39.5 Å². The molecule has 0 saturated carbocycles. The molecule has 488 valence electrons. The van der Waals surface area contributed by atoms with Gasteiger partial charge in [-0.05, 0) is 341 Å². The van der Waals surface area contributed by atoms with Crippen molar-refractivity contribution in [3.63, 3.8) is 0 Å². The van der Waals surface area contributed by atoms with Gasteiger partial charge < -0.3 is 61.3 Å². The Hall–Kier alpha value is -1.26. The highest BCUT2D eigenvalue weighted by molar-refractivity contribution is 5.01. The monoisotopic (exact) mass is 1170 g/mol. The molecule has 0 aromatic heterocycles. The molecular formula is C70H136O12. The third kappa shape index (κ3) is 45.1. The van der Waals surface area contributed by atoms with Gasteiger partial charge in [0.05, 0.1) is 67.2 Å². The quantitative estimate of drug-likeness (QED) is 0.0255. The van der Waals surface area contributed by atoms with E-state index in [9.17, 15) is 61.3 Å². The average molecular weight is 1170 g/mol. The van der Waals surface area contributed by atoms with Gasteiger partial charge in [0.25, 0.3) is 0 Å². The summed E-state index contributed by atoms with van der Waals surface area (Å²) in [6.45, 7) is 31.8. The lowest BCUT2D eigenvalue weighted by atomic mass is 9.83. The van der Waals surface area contributed by atoms with E-state index in [0.29, 0.717) is 205 Å². The van der Waals surface area contributed by atoms with Crippen molar-refractivity contribution in [2.45, 2.75) is 409 Å². The molecule has 0 spiro atoms.